The van der Waals surface area contributed by atoms with Crippen molar-refractivity contribution < 1.29 is 4.74 Å². The lowest BCUT2D eigenvalue weighted by Crippen LogP contribution is -2.14. The van der Waals surface area contributed by atoms with Gasteiger partial charge >= 0.3 is 0 Å². The second kappa shape index (κ2) is 5.57. The number of ether oxygens (including phenoxy) is 1. The quantitative estimate of drug-likeness (QED) is 0.857. The molecule has 0 radical (unpaired) electrons. The number of hydrogen-bond donors (Lipinski definition) is 1. The largest absolute Gasteiger partial charge is 0.385 e. The third kappa shape index (κ3) is 2.83. The van der Waals surface area contributed by atoms with Gasteiger partial charge in [0, 0.05) is 24.4 Å². The van der Waals surface area contributed by atoms with Crippen LogP contribution < -0.4 is 5.73 Å². The van der Waals surface area contributed by atoms with Gasteiger partial charge in [0.2, 0.25) is 0 Å². The van der Waals surface area contributed by atoms with Gasteiger partial charge < -0.3 is 10.5 Å². The van der Waals surface area contributed by atoms with Crippen molar-refractivity contribution in [3.05, 3.63) is 28.6 Å². The molecule has 0 bridgehead atoms. The first-order valence-corrected chi connectivity index (χ1v) is 6.26. The summed E-state index contributed by atoms with van der Waals surface area (Å²) in [7, 11) is 1.69. The molecule has 2 aromatic heterocycles. The highest BCUT2D eigenvalue weighted by Crippen LogP contribution is 2.17. The van der Waals surface area contributed by atoms with Gasteiger partial charge in [-0.25, -0.2) is 0 Å². The molecule has 0 saturated carbocycles. The lowest BCUT2D eigenvalue weighted by atomic mass is 10.1. The van der Waals surface area contributed by atoms with E-state index < -0.39 is 0 Å². The maximum atomic E-state index is 6.10. The molecule has 5 nitrogen and oxygen atoms in total. The van der Waals surface area contributed by atoms with Gasteiger partial charge in [-0.2, -0.15) is 0 Å². The number of methoxy groups -OCH3 is 1. The Bertz CT molecular complexity index is 499. The predicted octanol–water partition coefficient (Wildman–Crippen LogP) is 1.92. The van der Waals surface area contributed by atoms with Crippen LogP contribution in [0.5, 0.6) is 0 Å². The summed E-state index contributed by atoms with van der Waals surface area (Å²) in [6.45, 7) is 0.716. The Kier molecular flexibility index (Phi) is 4.09. The first-order chi connectivity index (χ1) is 8.22. The van der Waals surface area contributed by atoms with Crippen LogP contribution in [0.25, 0.3) is 5.65 Å². The molecule has 0 saturated heterocycles. The predicted molar refractivity (Wildman–Crippen MR) is 68.7 cm³/mol. The zero-order valence-electron chi connectivity index (χ0n) is 9.64. The molecule has 0 fully saturated rings. The van der Waals surface area contributed by atoms with Gasteiger partial charge in [-0.05, 0) is 40.9 Å². The minimum absolute atomic E-state index is 0.116. The number of rotatable bonds is 5. The summed E-state index contributed by atoms with van der Waals surface area (Å²) in [5, 5.41) is 8.23. The van der Waals surface area contributed by atoms with Crippen LogP contribution >= 0.6 is 15.9 Å². The van der Waals surface area contributed by atoms with Gasteiger partial charge in [0.1, 0.15) is 0 Å². The maximum Gasteiger partial charge on any atom is 0.160 e. The fourth-order valence-corrected chi connectivity index (χ4v) is 2.05. The van der Waals surface area contributed by atoms with E-state index in [-0.39, 0.29) is 6.04 Å². The normalized spacial score (nSPS) is 13.1. The van der Waals surface area contributed by atoms with Crippen molar-refractivity contribution in [2.24, 2.45) is 5.73 Å². The van der Waals surface area contributed by atoms with Crippen LogP contribution in [0.1, 0.15) is 24.7 Å². The molecule has 0 aliphatic carbocycles. The molecular formula is C11H15BrN4O. The van der Waals surface area contributed by atoms with E-state index in [1.807, 2.05) is 22.7 Å². The minimum atomic E-state index is -0.116. The fourth-order valence-electron chi connectivity index (χ4n) is 1.71. The molecule has 0 aliphatic heterocycles. The van der Waals surface area contributed by atoms with Crippen LogP contribution in [0.15, 0.2) is 22.8 Å². The van der Waals surface area contributed by atoms with Crippen molar-refractivity contribution in [2.45, 2.75) is 18.9 Å². The van der Waals surface area contributed by atoms with Crippen LogP contribution in [0.4, 0.5) is 0 Å². The Labute approximate surface area is 108 Å². The van der Waals surface area contributed by atoms with E-state index in [1.165, 1.54) is 0 Å². The molecule has 0 aliphatic rings. The smallest absolute Gasteiger partial charge is 0.160 e. The van der Waals surface area contributed by atoms with Gasteiger partial charge in [-0.3, -0.25) is 4.40 Å². The second-order valence-corrected chi connectivity index (χ2v) is 4.79. The monoisotopic (exact) mass is 298 g/mol. The Morgan fingerprint density at radius 2 is 2.29 bits per heavy atom. The average molecular weight is 299 g/mol. The number of aromatic nitrogens is 3. The van der Waals surface area contributed by atoms with Gasteiger partial charge in [0.15, 0.2) is 11.5 Å². The Balaban J connectivity index is 2.19. The van der Waals surface area contributed by atoms with Gasteiger partial charge in [0.05, 0.1) is 6.04 Å². The van der Waals surface area contributed by atoms with E-state index in [4.69, 9.17) is 10.5 Å². The van der Waals surface area contributed by atoms with E-state index in [0.717, 1.165) is 28.8 Å². The minimum Gasteiger partial charge on any atom is -0.385 e. The van der Waals surface area contributed by atoms with Crippen molar-refractivity contribution in [1.29, 1.82) is 0 Å². The lowest BCUT2D eigenvalue weighted by Gasteiger charge is -2.09. The van der Waals surface area contributed by atoms with E-state index in [1.54, 1.807) is 7.11 Å². The number of nitrogens with zero attached hydrogens (tertiary/aromatic N) is 3. The number of halogens is 1. The summed E-state index contributed by atoms with van der Waals surface area (Å²) in [4.78, 5) is 0. The third-order valence-electron chi connectivity index (χ3n) is 2.59. The summed E-state index contributed by atoms with van der Waals surface area (Å²) < 4.78 is 7.91. The van der Waals surface area contributed by atoms with Crippen molar-refractivity contribution >= 4 is 21.6 Å². The van der Waals surface area contributed by atoms with Crippen LogP contribution in [0.3, 0.4) is 0 Å². The van der Waals surface area contributed by atoms with Gasteiger partial charge in [0.25, 0.3) is 0 Å². The molecule has 2 heterocycles. The molecule has 0 amide bonds. The topological polar surface area (TPSA) is 65.4 Å². The fraction of sp³-hybridized carbons (Fsp3) is 0.455. The molecule has 0 aromatic carbocycles. The summed E-state index contributed by atoms with van der Waals surface area (Å²) in [5.41, 5.74) is 6.91. The van der Waals surface area contributed by atoms with Gasteiger partial charge in [-0.1, -0.05) is 0 Å². The molecular weight excluding hydrogens is 284 g/mol. The summed E-state index contributed by atoms with van der Waals surface area (Å²) in [5.74, 6) is 0.789. The Morgan fingerprint density at radius 1 is 1.47 bits per heavy atom. The second-order valence-electron chi connectivity index (χ2n) is 3.88. The SMILES string of the molecule is COCCCC(N)c1nnc2ccc(Br)cn12. The standard InChI is InChI=1S/C11H15BrN4O/c1-17-6-2-3-9(13)11-15-14-10-5-4-8(12)7-16(10)11/h4-5,7,9H,2-3,6,13H2,1H3. The molecule has 2 rings (SSSR count). The highest BCUT2D eigenvalue weighted by atomic mass is 79.9. The summed E-state index contributed by atoms with van der Waals surface area (Å²) in [6.07, 6.45) is 3.68. The molecule has 6 heteroatoms. The first kappa shape index (κ1) is 12.5. The lowest BCUT2D eigenvalue weighted by molar-refractivity contribution is 0.190. The molecule has 0 spiro atoms. The molecule has 92 valence electrons. The highest BCUT2D eigenvalue weighted by molar-refractivity contribution is 9.10. The van der Waals surface area contributed by atoms with Crippen molar-refractivity contribution in [3.8, 4) is 0 Å². The van der Waals surface area contributed by atoms with Gasteiger partial charge in [-0.15, -0.1) is 10.2 Å². The number of nitrogens with two attached hydrogens (primary N) is 1. The average Bonchev–Trinajstić information content (AvgIpc) is 2.72. The zero-order chi connectivity index (χ0) is 12.3. The van der Waals surface area contributed by atoms with Crippen molar-refractivity contribution in [2.75, 3.05) is 13.7 Å². The molecule has 1 atom stereocenters. The summed E-state index contributed by atoms with van der Waals surface area (Å²) >= 11 is 3.43. The third-order valence-corrected chi connectivity index (χ3v) is 3.06. The van der Waals surface area contributed by atoms with Crippen LogP contribution in [-0.4, -0.2) is 28.3 Å². The van der Waals surface area contributed by atoms with E-state index in [2.05, 4.69) is 26.1 Å². The summed E-state index contributed by atoms with van der Waals surface area (Å²) in [6, 6.07) is 3.72. The molecule has 2 N–H and O–H groups in total. The van der Waals surface area contributed by atoms with Crippen molar-refractivity contribution in [1.82, 2.24) is 14.6 Å². The zero-order valence-corrected chi connectivity index (χ0v) is 11.2. The number of hydrogen-bond acceptors (Lipinski definition) is 4. The van der Waals surface area contributed by atoms with E-state index >= 15 is 0 Å². The Morgan fingerprint density at radius 3 is 3.06 bits per heavy atom. The van der Waals surface area contributed by atoms with Crippen LogP contribution in [-0.2, 0) is 4.74 Å². The highest BCUT2D eigenvalue weighted by Gasteiger charge is 2.13. The molecule has 1 unspecified atom stereocenters. The van der Waals surface area contributed by atoms with Crippen LogP contribution in [0, 0.1) is 0 Å². The number of fused-ring (bicyclic) bond motifs is 1. The molecule has 2 aromatic rings. The first-order valence-electron chi connectivity index (χ1n) is 5.47. The maximum absolute atomic E-state index is 6.10. The Hall–Kier alpha value is -0.980. The molecule has 17 heavy (non-hydrogen) atoms. The van der Waals surface area contributed by atoms with Crippen LogP contribution in [0.2, 0.25) is 0 Å². The number of pyridine rings is 1. The van der Waals surface area contributed by atoms with Crippen molar-refractivity contribution in [3.63, 3.8) is 0 Å². The van der Waals surface area contributed by atoms with E-state index in [0.29, 0.717) is 6.61 Å². The van der Waals surface area contributed by atoms with E-state index in [9.17, 15) is 0 Å².